The van der Waals surface area contributed by atoms with Crippen molar-refractivity contribution in [1.29, 1.82) is 0 Å². The first-order chi connectivity index (χ1) is 10.9. The van der Waals surface area contributed by atoms with Gasteiger partial charge in [0.1, 0.15) is 0 Å². The van der Waals surface area contributed by atoms with Gasteiger partial charge in [-0.25, -0.2) is 8.42 Å². The molecule has 2 saturated heterocycles. The first kappa shape index (κ1) is 16.4. The lowest BCUT2D eigenvalue weighted by Gasteiger charge is -2.37. The Morgan fingerprint density at radius 3 is 2.48 bits per heavy atom. The Morgan fingerprint density at radius 2 is 1.96 bits per heavy atom. The summed E-state index contributed by atoms with van der Waals surface area (Å²) in [6.45, 7) is 6.81. The lowest BCUT2D eigenvalue weighted by atomic mass is 10.2. The fourth-order valence-corrected chi connectivity index (χ4v) is 5.03. The van der Waals surface area contributed by atoms with Crippen LogP contribution in [0.4, 0.5) is 0 Å². The predicted molar refractivity (Wildman–Crippen MR) is 87.1 cm³/mol. The highest BCUT2D eigenvalue weighted by Gasteiger charge is 2.34. The van der Waals surface area contributed by atoms with Crippen LogP contribution >= 0.6 is 0 Å². The van der Waals surface area contributed by atoms with Crippen molar-refractivity contribution in [3.05, 3.63) is 18.0 Å². The molecule has 1 aromatic rings. The molecule has 0 aromatic carbocycles. The molecule has 8 heteroatoms. The molecule has 3 heterocycles. The van der Waals surface area contributed by atoms with E-state index >= 15 is 0 Å². The molecule has 1 unspecified atom stereocenters. The van der Waals surface area contributed by atoms with Crippen molar-refractivity contribution in [2.24, 2.45) is 0 Å². The van der Waals surface area contributed by atoms with Gasteiger partial charge in [-0.3, -0.25) is 14.4 Å². The number of hydrogen-bond donors (Lipinski definition) is 0. The minimum Gasteiger partial charge on any atom is -0.336 e. The van der Waals surface area contributed by atoms with Gasteiger partial charge in [0, 0.05) is 44.5 Å². The van der Waals surface area contributed by atoms with Crippen molar-refractivity contribution in [2.75, 3.05) is 37.7 Å². The molecule has 0 radical (unpaired) electrons. The van der Waals surface area contributed by atoms with Crippen molar-refractivity contribution in [3.8, 4) is 0 Å². The summed E-state index contributed by atoms with van der Waals surface area (Å²) in [6, 6.07) is 0.360. The molecule has 128 valence electrons. The molecule has 23 heavy (non-hydrogen) atoms. The number of nitrogens with zero attached hydrogens (tertiary/aromatic N) is 4. The largest absolute Gasteiger partial charge is 0.336 e. The highest BCUT2D eigenvalue weighted by molar-refractivity contribution is 7.91. The standard InChI is InChI=1S/C15H24N4O3S/c1-12(2)19-10-13(9-16-19)15(20)18-6-4-17(5-7-18)14-3-8-23(21,22)11-14/h9-10,12,14H,3-8,11H2,1-2H3. The van der Waals surface area contributed by atoms with Crippen LogP contribution in [0, 0.1) is 0 Å². The molecule has 0 spiro atoms. The van der Waals surface area contributed by atoms with Crippen LogP contribution in [0.25, 0.3) is 0 Å². The smallest absolute Gasteiger partial charge is 0.257 e. The quantitative estimate of drug-likeness (QED) is 0.797. The van der Waals surface area contributed by atoms with Crippen LogP contribution in [0.5, 0.6) is 0 Å². The van der Waals surface area contributed by atoms with Crippen molar-refractivity contribution in [1.82, 2.24) is 19.6 Å². The number of amides is 1. The second kappa shape index (κ2) is 6.24. The zero-order valence-corrected chi connectivity index (χ0v) is 14.5. The van der Waals surface area contributed by atoms with Crippen LogP contribution in [0.3, 0.4) is 0 Å². The summed E-state index contributed by atoms with van der Waals surface area (Å²) in [5, 5.41) is 4.22. The highest BCUT2D eigenvalue weighted by Crippen LogP contribution is 2.20. The molecule has 1 aromatic heterocycles. The molecule has 0 aliphatic carbocycles. The second-order valence-electron chi connectivity index (χ2n) is 6.69. The van der Waals surface area contributed by atoms with Gasteiger partial charge in [-0.1, -0.05) is 0 Å². The Balaban J connectivity index is 1.57. The van der Waals surface area contributed by atoms with E-state index in [0.717, 1.165) is 19.5 Å². The van der Waals surface area contributed by atoms with Gasteiger partial charge in [0.05, 0.1) is 23.3 Å². The Labute approximate surface area is 137 Å². The fourth-order valence-electron chi connectivity index (χ4n) is 3.27. The Hall–Kier alpha value is -1.41. The van der Waals surface area contributed by atoms with E-state index in [1.165, 1.54) is 0 Å². The minimum absolute atomic E-state index is 0.00981. The third kappa shape index (κ3) is 3.58. The third-order valence-electron chi connectivity index (χ3n) is 4.70. The number of aromatic nitrogens is 2. The molecule has 2 aliphatic heterocycles. The van der Waals surface area contributed by atoms with Crippen LogP contribution in [0.2, 0.25) is 0 Å². The first-order valence-corrected chi connectivity index (χ1v) is 9.96. The minimum atomic E-state index is -2.86. The van der Waals surface area contributed by atoms with Gasteiger partial charge in [0.15, 0.2) is 9.84 Å². The maximum atomic E-state index is 12.5. The lowest BCUT2D eigenvalue weighted by Crippen LogP contribution is -2.52. The summed E-state index contributed by atoms with van der Waals surface area (Å²) >= 11 is 0. The number of hydrogen-bond acceptors (Lipinski definition) is 5. The van der Waals surface area contributed by atoms with Crippen molar-refractivity contribution < 1.29 is 13.2 Å². The highest BCUT2D eigenvalue weighted by atomic mass is 32.2. The molecule has 3 rings (SSSR count). The number of piperazine rings is 1. The van der Waals surface area contributed by atoms with Gasteiger partial charge in [0.25, 0.3) is 5.91 Å². The second-order valence-corrected chi connectivity index (χ2v) is 8.92. The molecule has 0 saturated carbocycles. The Bertz CT molecular complexity index is 675. The van der Waals surface area contributed by atoms with Gasteiger partial charge >= 0.3 is 0 Å². The van der Waals surface area contributed by atoms with E-state index in [9.17, 15) is 13.2 Å². The van der Waals surface area contributed by atoms with Crippen LogP contribution in [-0.2, 0) is 9.84 Å². The average Bonchev–Trinajstić information content (AvgIpc) is 3.13. The van der Waals surface area contributed by atoms with E-state index in [2.05, 4.69) is 10.00 Å². The molecular weight excluding hydrogens is 316 g/mol. The number of carbonyl (C=O) groups is 1. The van der Waals surface area contributed by atoms with Crippen molar-refractivity contribution >= 4 is 15.7 Å². The lowest BCUT2D eigenvalue weighted by molar-refractivity contribution is 0.0587. The molecule has 2 fully saturated rings. The molecule has 2 aliphatic rings. The van der Waals surface area contributed by atoms with Gasteiger partial charge < -0.3 is 4.90 Å². The number of rotatable bonds is 3. The maximum Gasteiger partial charge on any atom is 0.257 e. The van der Waals surface area contributed by atoms with Crippen molar-refractivity contribution in [2.45, 2.75) is 32.4 Å². The third-order valence-corrected chi connectivity index (χ3v) is 6.45. The summed E-state index contributed by atoms with van der Waals surface area (Å²) in [4.78, 5) is 16.6. The van der Waals surface area contributed by atoms with E-state index < -0.39 is 9.84 Å². The van der Waals surface area contributed by atoms with E-state index in [-0.39, 0.29) is 23.7 Å². The SMILES string of the molecule is CC(C)n1cc(C(=O)N2CCN(C3CCS(=O)(=O)C3)CC2)cn1. The maximum absolute atomic E-state index is 12.5. The summed E-state index contributed by atoms with van der Waals surface area (Å²) in [7, 11) is -2.86. The monoisotopic (exact) mass is 340 g/mol. The van der Waals surface area contributed by atoms with E-state index in [1.807, 2.05) is 18.7 Å². The zero-order valence-electron chi connectivity index (χ0n) is 13.7. The molecule has 0 N–H and O–H groups in total. The number of carbonyl (C=O) groups excluding carboxylic acids is 1. The predicted octanol–water partition coefficient (Wildman–Crippen LogP) is 0.409. The van der Waals surface area contributed by atoms with E-state index in [0.29, 0.717) is 24.4 Å². The summed E-state index contributed by atoms with van der Waals surface area (Å²) in [5.74, 6) is 0.573. The first-order valence-electron chi connectivity index (χ1n) is 8.13. The Kier molecular flexibility index (Phi) is 4.46. The fraction of sp³-hybridized carbons (Fsp3) is 0.733. The molecule has 0 bridgehead atoms. The molecule has 1 atom stereocenters. The van der Waals surface area contributed by atoms with Crippen LogP contribution < -0.4 is 0 Å². The summed E-state index contributed by atoms with van der Waals surface area (Å²) < 4.78 is 25.0. The zero-order chi connectivity index (χ0) is 16.6. The normalized spacial score (nSPS) is 25.2. The summed E-state index contributed by atoms with van der Waals surface area (Å²) in [6.07, 6.45) is 4.14. The van der Waals surface area contributed by atoms with Gasteiger partial charge in [-0.15, -0.1) is 0 Å². The van der Waals surface area contributed by atoms with Gasteiger partial charge in [-0.05, 0) is 20.3 Å². The molecule has 1 amide bonds. The van der Waals surface area contributed by atoms with Crippen LogP contribution in [0.1, 0.15) is 36.7 Å². The van der Waals surface area contributed by atoms with Gasteiger partial charge in [0.2, 0.25) is 0 Å². The number of sulfone groups is 1. The summed E-state index contributed by atoms with van der Waals surface area (Å²) in [5.41, 5.74) is 0.621. The van der Waals surface area contributed by atoms with Gasteiger partial charge in [-0.2, -0.15) is 5.10 Å². The van der Waals surface area contributed by atoms with Crippen LogP contribution in [0.15, 0.2) is 12.4 Å². The molecule has 7 nitrogen and oxygen atoms in total. The van der Waals surface area contributed by atoms with E-state index in [4.69, 9.17) is 0 Å². The average molecular weight is 340 g/mol. The van der Waals surface area contributed by atoms with Crippen molar-refractivity contribution in [3.63, 3.8) is 0 Å². The topological polar surface area (TPSA) is 75.5 Å². The Morgan fingerprint density at radius 1 is 1.26 bits per heavy atom. The van der Waals surface area contributed by atoms with Crippen LogP contribution in [-0.4, -0.2) is 77.6 Å². The molecular formula is C15H24N4O3S. The van der Waals surface area contributed by atoms with E-state index in [1.54, 1.807) is 17.1 Å².